The van der Waals surface area contributed by atoms with E-state index in [1.54, 1.807) is 24.4 Å². The molecule has 0 bridgehead atoms. The number of nitrogens with one attached hydrogen (secondary N) is 2. The summed E-state index contributed by atoms with van der Waals surface area (Å²) in [5.41, 5.74) is -2.24. The first-order chi connectivity index (χ1) is 18.6. The Kier molecular flexibility index (Phi) is 6.96. The Morgan fingerprint density at radius 1 is 1.10 bits per heavy atom. The van der Waals surface area contributed by atoms with Crippen molar-refractivity contribution in [2.75, 3.05) is 26.7 Å². The highest BCUT2D eigenvalue weighted by Crippen LogP contribution is 2.50. The van der Waals surface area contributed by atoms with E-state index in [0.29, 0.717) is 30.5 Å². The lowest BCUT2D eigenvalue weighted by molar-refractivity contribution is -0.271. The number of benzene rings is 2. The molecule has 2 atom stereocenters. The molecule has 11 heteroatoms. The molecule has 3 heterocycles. The van der Waals surface area contributed by atoms with Gasteiger partial charge in [0.15, 0.2) is 0 Å². The van der Waals surface area contributed by atoms with E-state index in [1.807, 2.05) is 0 Å². The quantitative estimate of drug-likeness (QED) is 0.462. The maximum absolute atomic E-state index is 14.8. The van der Waals surface area contributed by atoms with Crippen molar-refractivity contribution in [3.63, 3.8) is 0 Å². The number of rotatable bonds is 5. The number of hydrogen-bond donors (Lipinski definition) is 2. The van der Waals surface area contributed by atoms with Crippen LogP contribution in [0.1, 0.15) is 36.3 Å². The van der Waals surface area contributed by atoms with E-state index >= 15 is 0 Å². The van der Waals surface area contributed by atoms with Crippen molar-refractivity contribution in [3.05, 3.63) is 77.9 Å². The third kappa shape index (κ3) is 4.69. The van der Waals surface area contributed by atoms with Crippen LogP contribution < -0.4 is 5.32 Å². The fourth-order valence-corrected chi connectivity index (χ4v) is 6.06. The van der Waals surface area contributed by atoms with Gasteiger partial charge in [0, 0.05) is 56.4 Å². The maximum Gasteiger partial charge on any atom is 0.430 e. The molecule has 1 unspecified atom stereocenters. The number of nitrogens with zero attached hydrogens (tertiary/aromatic N) is 2. The van der Waals surface area contributed by atoms with Crippen molar-refractivity contribution < 1.29 is 31.9 Å². The summed E-state index contributed by atoms with van der Waals surface area (Å²) in [5, 5.41) is 9.33. The van der Waals surface area contributed by atoms with Gasteiger partial charge in [0.05, 0.1) is 6.20 Å². The summed E-state index contributed by atoms with van der Waals surface area (Å²) >= 11 is 0. The average molecular weight is 545 g/mol. The maximum atomic E-state index is 14.8. The minimum absolute atomic E-state index is 0.0203. The van der Waals surface area contributed by atoms with E-state index in [1.165, 1.54) is 41.4 Å². The summed E-state index contributed by atoms with van der Waals surface area (Å²) in [6, 6.07) is 11.7. The molecule has 7 nitrogen and oxygen atoms in total. The lowest BCUT2D eigenvalue weighted by Gasteiger charge is -2.50. The summed E-state index contributed by atoms with van der Waals surface area (Å²) in [4.78, 5) is 27.4. The van der Waals surface area contributed by atoms with Crippen molar-refractivity contribution in [2.45, 2.75) is 37.0 Å². The number of aromatic amines is 1. The number of piperidine rings is 2. The van der Waals surface area contributed by atoms with Crippen LogP contribution in [0.5, 0.6) is 0 Å². The third-order valence-corrected chi connectivity index (χ3v) is 8.18. The Hall–Kier alpha value is -3.73. The fraction of sp³-hybridized carbons (Fsp3) is 0.393. The summed E-state index contributed by atoms with van der Waals surface area (Å²) < 4.78 is 63.0. The molecule has 3 aromatic rings. The zero-order chi connectivity index (χ0) is 27.8. The lowest BCUT2D eigenvalue weighted by Crippen LogP contribution is -2.60. The van der Waals surface area contributed by atoms with E-state index in [9.17, 15) is 27.2 Å². The number of methoxy groups -OCH3 is 1. The molecule has 2 aliphatic heterocycles. The minimum Gasteiger partial charge on any atom is -0.356 e. The van der Waals surface area contributed by atoms with Crippen LogP contribution in [0.3, 0.4) is 0 Å². The zero-order valence-corrected chi connectivity index (χ0v) is 21.2. The first-order valence-electron chi connectivity index (χ1n) is 12.6. The number of aromatic nitrogens is 2. The second-order valence-corrected chi connectivity index (χ2v) is 10.2. The number of ether oxygens (including phenoxy) is 1. The van der Waals surface area contributed by atoms with Gasteiger partial charge in [-0.2, -0.15) is 18.3 Å². The van der Waals surface area contributed by atoms with Crippen molar-refractivity contribution in [1.82, 2.24) is 20.4 Å². The fourth-order valence-electron chi connectivity index (χ4n) is 6.06. The van der Waals surface area contributed by atoms with Gasteiger partial charge in [-0.1, -0.05) is 30.3 Å². The van der Waals surface area contributed by atoms with Crippen LogP contribution >= 0.6 is 0 Å². The normalized spacial score (nSPS) is 20.9. The van der Waals surface area contributed by atoms with E-state index in [0.717, 1.165) is 12.7 Å². The Morgan fingerprint density at radius 3 is 2.44 bits per heavy atom. The van der Waals surface area contributed by atoms with Crippen LogP contribution in [-0.4, -0.2) is 59.8 Å². The van der Waals surface area contributed by atoms with Gasteiger partial charge in [-0.25, -0.2) is 4.39 Å². The Morgan fingerprint density at radius 2 is 1.82 bits per heavy atom. The number of carbonyl (C=O) groups excluding carboxylic acids is 2. The number of carbonyl (C=O) groups is 2. The molecule has 39 heavy (non-hydrogen) atoms. The molecule has 2 aromatic carbocycles. The SMILES string of the molecule is COC(C(=O)N1CCC2(CC1)CC(=O)NC[C@H]2c1ccc(F)cc1)(c1cccc(-c2cn[nH]c2)c1)C(F)(F)F. The smallest absolute Gasteiger partial charge is 0.356 e. The summed E-state index contributed by atoms with van der Waals surface area (Å²) in [6.07, 6.45) is -1.21. The second kappa shape index (κ2) is 10.1. The Labute approximate surface area is 222 Å². The first kappa shape index (κ1) is 26.9. The Bertz CT molecular complexity index is 1340. The predicted octanol–water partition coefficient (Wildman–Crippen LogP) is 4.53. The number of alkyl halides is 3. The van der Waals surface area contributed by atoms with E-state index < -0.39 is 23.1 Å². The molecular formula is C28H28F4N4O3. The number of halogens is 4. The molecular weight excluding hydrogens is 516 g/mol. The molecule has 0 radical (unpaired) electrons. The van der Waals surface area contributed by atoms with Gasteiger partial charge < -0.3 is 15.0 Å². The predicted molar refractivity (Wildman–Crippen MR) is 134 cm³/mol. The molecule has 1 spiro atoms. The van der Waals surface area contributed by atoms with Crippen LogP contribution in [-0.2, 0) is 19.9 Å². The van der Waals surface area contributed by atoms with Crippen molar-refractivity contribution in [2.24, 2.45) is 5.41 Å². The highest BCUT2D eigenvalue weighted by atomic mass is 19.4. The molecule has 2 saturated heterocycles. The molecule has 0 aliphatic carbocycles. The van der Waals surface area contributed by atoms with Crippen LogP contribution in [0.2, 0.25) is 0 Å². The van der Waals surface area contributed by atoms with Crippen LogP contribution in [0, 0.1) is 11.2 Å². The molecule has 2 N–H and O–H groups in total. The van der Waals surface area contributed by atoms with Gasteiger partial charge in [-0.15, -0.1) is 0 Å². The summed E-state index contributed by atoms with van der Waals surface area (Å²) in [6.45, 7) is 0.378. The van der Waals surface area contributed by atoms with E-state index in [2.05, 4.69) is 15.5 Å². The topological polar surface area (TPSA) is 87.3 Å². The Balaban J connectivity index is 1.45. The molecule has 5 rings (SSSR count). The van der Waals surface area contributed by atoms with Crippen molar-refractivity contribution in [3.8, 4) is 11.1 Å². The third-order valence-electron chi connectivity index (χ3n) is 8.18. The van der Waals surface area contributed by atoms with Crippen molar-refractivity contribution >= 4 is 11.8 Å². The zero-order valence-electron chi connectivity index (χ0n) is 21.2. The van der Waals surface area contributed by atoms with Crippen LogP contribution in [0.25, 0.3) is 11.1 Å². The second-order valence-electron chi connectivity index (χ2n) is 10.2. The monoisotopic (exact) mass is 544 g/mol. The molecule has 2 aliphatic rings. The van der Waals surface area contributed by atoms with Gasteiger partial charge in [0.2, 0.25) is 5.91 Å². The molecule has 2 amide bonds. The standard InChI is InChI=1S/C28H28F4N4O3/c1-39-27(28(30,31)32,21-4-2-3-19(13-21)20-15-34-35-16-20)25(38)36-11-9-26(10-12-36)14-24(37)33-17-23(26)18-5-7-22(29)8-6-18/h2-8,13,15-16,23H,9-12,14,17H2,1H3,(H,33,37)(H,34,35)/t23-,27?/m0/s1. The van der Waals surface area contributed by atoms with Crippen LogP contribution in [0.4, 0.5) is 17.6 Å². The minimum atomic E-state index is -5.05. The first-order valence-corrected chi connectivity index (χ1v) is 12.6. The molecule has 0 saturated carbocycles. The largest absolute Gasteiger partial charge is 0.430 e. The molecule has 1 aromatic heterocycles. The van der Waals surface area contributed by atoms with Gasteiger partial charge >= 0.3 is 6.18 Å². The number of amides is 2. The van der Waals surface area contributed by atoms with Crippen LogP contribution in [0.15, 0.2) is 60.9 Å². The highest BCUT2D eigenvalue weighted by molar-refractivity contribution is 5.88. The van der Waals surface area contributed by atoms with E-state index in [-0.39, 0.29) is 42.7 Å². The highest BCUT2D eigenvalue weighted by Gasteiger charge is 2.64. The van der Waals surface area contributed by atoms with Gasteiger partial charge in [0.25, 0.3) is 11.5 Å². The summed E-state index contributed by atoms with van der Waals surface area (Å²) in [5.74, 6) is -1.89. The average Bonchev–Trinajstić information content (AvgIpc) is 3.45. The van der Waals surface area contributed by atoms with Crippen molar-refractivity contribution in [1.29, 1.82) is 0 Å². The molecule has 2 fully saturated rings. The molecule has 206 valence electrons. The number of likely N-dealkylation sites (tertiary alicyclic amines) is 1. The number of H-pyrrole nitrogens is 1. The lowest BCUT2D eigenvalue weighted by atomic mass is 9.62. The van der Waals surface area contributed by atoms with Gasteiger partial charge in [-0.05, 0) is 47.6 Å². The summed E-state index contributed by atoms with van der Waals surface area (Å²) in [7, 11) is 0.886. The van der Waals surface area contributed by atoms with E-state index in [4.69, 9.17) is 4.74 Å². The number of hydrogen-bond acceptors (Lipinski definition) is 4. The van der Waals surface area contributed by atoms with Gasteiger partial charge in [0.1, 0.15) is 5.82 Å². The van der Waals surface area contributed by atoms with Gasteiger partial charge in [-0.3, -0.25) is 14.7 Å².